The molecule has 1 amide bonds. The predicted octanol–water partition coefficient (Wildman–Crippen LogP) is 1.92. The number of aromatic nitrogens is 2. The van der Waals surface area contributed by atoms with Gasteiger partial charge in [-0.05, 0) is 42.5 Å². The van der Waals surface area contributed by atoms with Crippen LogP contribution in [0.25, 0.3) is 0 Å². The van der Waals surface area contributed by atoms with Gasteiger partial charge in [0.2, 0.25) is 0 Å². The van der Waals surface area contributed by atoms with E-state index in [1.54, 1.807) is 0 Å². The summed E-state index contributed by atoms with van der Waals surface area (Å²) in [5.74, 6) is -1.54. The number of nitrogens with one attached hydrogen (secondary N) is 2. The molecule has 2 heterocycles. The van der Waals surface area contributed by atoms with Crippen LogP contribution in [0.15, 0.2) is 56.6 Å². The van der Waals surface area contributed by atoms with E-state index in [-0.39, 0.29) is 34.5 Å². The molecule has 11 nitrogen and oxygen atoms in total. The van der Waals surface area contributed by atoms with Crippen LogP contribution in [-0.4, -0.2) is 36.4 Å². The third-order valence-electron chi connectivity index (χ3n) is 4.21. The first kappa shape index (κ1) is 19.4. The van der Waals surface area contributed by atoms with Gasteiger partial charge in [0.25, 0.3) is 15.9 Å². The fraction of sp³-hybridized carbons (Fsp3) is 0.118. The summed E-state index contributed by atoms with van der Waals surface area (Å²) >= 11 is 0. The molecule has 1 atom stereocenters. The van der Waals surface area contributed by atoms with E-state index in [1.807, 2.05) is 0 Å². The molecule has 1 aliphatic rings. The molecule has 30 heavy (non-hydrogen) atoms. The molecule has 1 aromatic heterocycles. The number of benzene rings is 2. The van der Waals surface area contributed by atoms with Crippen molar-refractivity contribution < 1.29 is 31.9 Å². The Morgan fingerprint density at radius 2 is 2.00 bits per heavy atom. The van der Waals surface area contributed by atoms with Gasteiger partial charge < -0.3 is 14.3 Å². The summed E-state index contributed by atoms with van der Waals surface area (Å²) in [7, 11) is -4.22. The maximum Gasteiger partial charge on any atom is 0.434 e. The smallest absolute Gasteiger partial charge is 0.434 e. The predicted molar refractivity (Wildman–Crippen MR) is 99.5 cm³/mol. The van der Waals surface area contributed by atoms with Crippen LogP contribution in [0.5, 0.6) is 5.75 Å². The summed E-state index contributed by atoms with van der Waals surface area (Å²) in [6, 6.07) is 8.22. The van der Waals surface area contributed by atoms with Crippen molar-refractivity contribution in [2.45, 2.75) is 11.0 Å². The Bertz CT molecular complexity index is 1270. The topological polar surface area (TPSA) is 155 Å². The number of sulfonamides is 1. The molecular formula is C17H13FN4O7S. The highest BCUT2D eigenvalue weighted by atomic mass is 32.2. The molecule has 2 aromatic carbocycles. The van der Waals surface area contributed by atoms with Crippen molar-refractivity contribution in [1.29, 1.82) is 0 Å². The number of rotatable bonds is 4. The highest BCUT2D eigenvalue weighted by Crippen LogP contribution is 2.42. The Morgan fingerprint density at radius 1 is 1.27 bits per heavy atom. The summed E-state index contributed by atoms with van der Waals surface area (Å²) in [4.78, 5) is 22.0. The first-order valence-electron chi connectivity index (χ1n) is 8.38. The number of aromatic amines is 1. The molecule has 0 saturated carbocycles. The van der Waals surface area contributed by atoms with Gasteiger partial charge in [0.05, 0.1) is 17.1 Å². The molecule has 3 aromatic rings. The molecule has 0 bridgehead atoms. The van der Waals surface area contributed by atoms with Gasteiger partial charge in [-0.2, -0.15) is 0 Å². The molecule has 3 N–H and O–H groups in total. The molecule has 0 saturated heterocycles. The zero-order valence-corrected chi connectivity index (χ0v) is 15.7. The van der Waals surface area contributed by atoms with Crippen molar-refractivity contribution in [3.8, 4) is 5.75 Å². The van der Waals surface area contributed by atoms with Crippen LogP contribution >= 0.6 is 0 Å². The van der Waals surface area contributed by atoms with E-state index in [0.717, 1.165) is 28.6 Å². The third-order valence-corrected chi connectivity index (χ3v) is 6.01. The molecule has 13 heteroatoms. The van der Waals surface area contributed by atoms with Crippen LogP contribution in [0.3, 0.4) is 0 Å². The van der Waals surface area contributed by atoms with Crippen LogP contribution < -0.4 is 20.1 Å². The fourth-order valence-electron chi connectivity index (χ4n) is 2.92. The van der Waals surface area contributed by atoms with Crippen LogP contribution in [0.2, 0.25) is 0 Å². The zero-order chi connectivity index (χ0) is 21.5. The Morgan fingerprint density at radius 3 is 2.63 bits per heavy atom. The van der Waals surface area contributed by atoms with Crippen LogP contribution in [0.4, 0.5) is 20.6 Å². The highest BCUT2D eigenvalue weighted by molar-refractivity contribution is 7.92. The Labute approximate surface area is 167 Å². The molecule has 1 unspecified atom stereocenters. The van der Waals surface area contributed by atoms with Gasteiger partial charge in [0.1, 0.15) is 11.6 Å². The molecule has 0 aliphatic carbocycles. The molecule has 4 rings (SSSR count). The van der Waals surface area contributed by atoms with Gasteiger partial charge >= 0.3 is 11.8 Å². The van der Waals surface area contributed by atoms with E-state index >= 15 is 0 Å². The van der Waals surface area contributed by atoms with Gasteiger partial charge in [-0.15, -0.1) is 5.10 Å². The normalized spacial score (nSPS) is 15.9. The molecular weight excluding hydrogens is 423 g/mol. The van der Waals surface area contributed by atoms with E-state index in [2.05, 4.69) is 15.5 Å². The molecule has 156 valence electrons. The summed E-state index contributed by atoms with van der Waals surface area (Å²) in [5, 5.41) is 16.8. The van der Waals surface area contributed by atoms with Gasteiger partial charge in [0.15, 0.2) is 6.10 Å². The van der Waals surface area contributed by atoms with Gasteiger partial charge in [0, 0.05) is 5.69 Å². The Kier molecular flexibility index (Phi) is 4.66. The highest BCUT2D eigenvalue weighted by Gasteiger charge is 2.37. The number of anilines is 2. The zero-order valence-electron chi connectivity index (χ0n) is 14.9. The third kappa shape index (κ3) is 3.57. The minimum atomic E-state index is -4.22. The second-order valence-electron chi connectivity index (χ2n) is 6.16. The van der Waals surface area contributed by atoms with Crippen molar-refractivity contribution in [2.75, 3.05) is 16.2 Å². The Balaban J connectivity index is 1.82. The number of carbonyl (C=O) groups is 1. The summed E-state index contributed by atoms with van der Waals surface area (Å²) < 4.78 is 51.4. The maximum atomic E-state index is 13.3. The van der Waals surface area contributed by atoms with Crippen molar-refractivity contribution in [3.05, 3.63) is 64.7 Å². The summed E-state index contributed by atoms with van der Waals surface area (Å²) in [6.45, 7) is -0.336. The van der Waals surface area contributed by atoms with Gasteiger partial charge in [-0.1, -0.05) is 0 Å². The molecule has 0 spiro atoms. The number of hydrogen-bond donors (Lipinski definition) is 3. The lowest BCUT2D eigenvalue weighted by Gasteiger charge is -2.34. The second kappa shape index (κ2) is 7.18. The lowest BCUT2D eigenvalue weighted by atomic mass is 10.2. The second-order valence-corrected chi connectivity index (χ2v) is 8.02. The van der Waals surface area contributed by atoms with E-state index < -0.39 is 33.8 Å². The van der Waals surface area contributed by atoms with Crippen molar-refractivity contribution >= 4 is 27.5 Å². The van der Waals surface area contributed by atoms with E-state index in [1.165, 1.54) is 18.2 Å². The first-order valence-corrected chi connectivity index (χ1v) is 9.82. The number of fused-ring (bicyclic) bond motifs is 1. The number of carboxylic acid groups (broad SMARTS) is 1. The number of hydrogen-bond acceptors (Lipinski definition) is 7. The monoisotopic (exact) mass is 436 g/mol. The average Bonchev–Trinajstić information content (AvgIpc) is 3.13. The molecule has 1 aliphatic heterocycles. The van der Waals surface area contributed by atoms with Crippen molar-refractivity contribution in [2.24, 2.45) is 0 Å². The Hall–Kier alpha value is -3.87. The summed E-state index contributed by atoms with van der Waals surface area (Å²) in [6.07, 6.45) is -2.40. The van der Waals surface area contributed by atoms with Crippen LogP contribution in [0.1, 0.15) is 12.0 Å². The van der Waals surface area contributed by atoms with Crippen molar-refractivity contribution in [3.63, 3.8) is 0 Å². The minimum Gasteiger partial charge on any atom is -0.476 e. The maximum absolute atomic E-state index is 13.3. The molecule has 0 fully saturated rings. The standard InChI is InChI=1S/C17H13FN4O7S/c18-9-1-4-11(5-2-9)30(26,27)22-8-14(15-20-21-17(25)29-15)28-13-6-3-10(7-12(13)22)19-16(23)24/h1-7,14,19H,8H2,(H,21,25)(H,23,24). The largest absolute Gasteiger partial charge is 0.476 e. The van der Waals surface area contributed by atoms with E-state index in [9.17, 15) is 22.4 Å². The number of H-pyrrole nitrogens is 1. The minimum absolute atomic E-state index is 0.0414. The van der Waals surface area contributed by atoms with Gasteiger partial charge in [-0.25, -0.2) is 27.5 Å². The molecule has 0 radical (unpaired) electrons. The van der Waals surface area contributed by atoms with Crippen molar-refractivity contribution in [1.82, 2.24) is 10.2 Å². The quantitative estimate of drug-likeness (QED) is 0.560. The first-order chi connectivity index (χ1) is 14.2. The van der Waals surface area contributed by atoms with E-state index in [4.69, 9.17) is 14.3 Å². The number of halogens is 1. The van der Waals surface area contributed by atoms with Crippen LogP contribution in [0, 0.1) is 5.82 Å². The lowest BCUT2D eigenvalue weighted by Crippen LogP contribution is -2.40. The average molecular weight is 436 g/mol. The summed E-state index contributed by atoms with van der Waals surface area (Å²) in [5.41, 5.74) is 0.147. The lowest BCUT2D eigenvalue weighted by molar-refractivity contribution is 0.167. The SMILES string of the molecule is O=C(O)Nc1ccc2c(c1)N(S(=O)(=O)c1ccc(F)cc1)CC(c1n[nH]c(=O)o1)O2. The van der Waals surface area contributed by atoms with Gasteiger partial charge in [-0.3, -0.25) is 9.62 Å². The number of amides is 1. The fourth-order valence-corrected chi connectivity index (χ4v) is 4.39. The van der Waals surface area contributed by atoms with Crippen LogP contribution in [-0.2, 0) is 10.0 Å². The number of ether oxygens (including phenoxy) is 1. The number of nitrogens with zero attached hydrogens (tertiary/aromatic N) is 2. The van der Waals surface area contributed by atoms with E-state index in [0.29, 0.717) is 0 Å².